The van der Waals surface area contributed by atoms with E-state index in [1.54, 1.807) is 6.21 Å². The van der Waals surface area contributed by atoms with E-state index in [2.05, 4.69) is 4.40 Å². The number of nitrogens with zero attached hydrogens (tertiary/aromatic N) is 1. The Hall–Kier alpha value is -1.78. The molecule has 110 valence electrons. The lowest BCUT2D eigenvalue weighted by molar-refractivity contribution is 0.482. The zero-order chi connectivity index (χ0) is 15.3. The number of rotatable bonds is 4. The van der Waals surface area contributed by atoms with Crippen LogP contribution in [0.2, 0.25) is 0 Å². The van der Waals surface area contributed by atoms with Crippen molar-refractivity contribution in [2.75, 3.05) is 0 Å². The highest BCUT2D eigenvalue weighted by Crippen LogP contribution is 2.22. The summed E-state index contributed by atoms with van der Waals surface area (Å²) >= 11 is -1.25. The Bertz CT molecular complexity index is 606. The minimum absolute atomic E-state index is 0.353. The Morgan fingerprint density at radius 3 is 2.33 bits per heavy atom. The van der Waals surface area contributed by atoms with Gasteiger partial charge in [-0.25, -0.2) is 0 Å². The van der Waals surface area contributed by atoms with Crippen molar-refractivity contribution in [1.82, 2.24) is 0 Å². The van der Waals surface area contributed by atoms with Crippen LogP contribution >= 0.6 is 0 Å². The SMILES string of the molecule is CC(C)(C)[S+]([O-])/N=C/c1cccc(Oc2ccccc2)c1. The number of benzene rings is 2. The Balaban J connectivity index is 2.09. The molecule has 0 amide bonds. The molecule has 0 spiro atoms. The largest absolute Gasteiger partial charge is 0.591 e. The lowest BCUT2D eigenvalue weighted by Crippen LogP contribution is -2.25. The van der Waals surface area contributed by atoms with E-state index >= 15 is 0 Å². The summed E-state index contributed by atoms with van der Waals surface area (Å²) in [4.78, 5) is 0. The molecule has 0 radical (unpaired) electrons. The number of para-hydroxylation sites is 1. The van der Waals surface area contributed by atoms with Gasteiger partial charge in [0, 0.05) is 5.56 Å². The van der Waals surface area contributed by atoms with Crippen LogP contribution in [0.1, 0.15) is 26.3 Å². The van der Waals surface area contributed by atoms with Gasteiger partial charge in [-0.1, -0.05) is 34.7 Å². The minimum Gasteiger partial charge on any atom is -0.591 e. The Morgan fingerprint density at radius 1 is 1.00 bits per heavy atom. The highest BCUT2D eigenvalue weighted by Gasteiger charge is 2.25. The lowest BCUT2D eigenvalue weighted by Gasteiger charge is -2.17. The number of hydrogen-bond acceptors (Lipinski definition) is 3. The predicted octanol–water partition coefficient (Wildman–Crippen LogP) is 4.36. The summed E-state index contributed by atoms with van der Waals surface area (Å²) in [5.74, 6) is 1.51. The van der Waals surface area contributed by atoms with Crippen molar-refractivity contribution in [3.05, 3.63) is 60.2 Å². The van der Waals surface area contributed by atoms with Crippen LogP contribution in [-0.2, 0) is 11.4 Å². The maximum Gasteiger partial charge on any atom is 0.144 e. The van der Waals surface area contributed by atoms with E-state index in [0.29, 0.717) is 0 Å². The number of ether oxygens (including phenoxy) is 1. The third-order valence-corrected chi connectivity index (χ3v) is 4.00. The van der Waals surface area contributed by atoms with Crippen LogP contribution in [0.3, 0.4) is 0 Å². The maximum atomic E-state index is 11.9. The van der Waals surface area contributed by atoms with Gasteiger partial charge in [0.25, 0.3) is 0 Å². The van der Waals surface area contributed by atoms with E-state index in [0.717, 1.165) is 17.1 Å². The van der Waals surface area contributed by atoms with E-state index in [9.17, 15) is 4.55 Å². The Kier molecular flexibility index (Phi) is 5.04. The molecule has 0 aliphatic carbocycles. The fourth-order valence-electron chi connectivity index (χ4n) is 1.55. The van der Waals surface area contributed by atoms with E-state index in [4.69, 9.17) is 4.74 Å². The van der Waals surface area contributed by atoms with Gasteiger partial charge in [0.2, 0.25) is 0 Å². The fourth-order valence-corrected chi connectivity index (χ4v) is 2.08. The first kappa shape index (κ1) is 15.6. The highest BCUT2D eigenvalue weighted by atomic mass is 32.2. The summed E-state index contributed by atoms with van der Waals surface area (Å²) in [5, 5.41) is 0. The average Bonchev–Trinajstić information content (AvgIpc) is 2.45. The summed E-state index contributed by atoms with van der Waals surface area (Å²) in [6, 6.07) is 17.1. The van der Waals surface area contributed by atoms with E-state index in [1.165, 1.54) is 0 Å². The summed E-state index contributed by atoms with van der Waals surface area (Å²) < 4.78 is 21.4. The normalized spacial score (nSPS) is 13.3. The maximum absolute atomic E-state index is 11.9. The molecule has 0 aromatic heterocycles. The molecule has 1 unspecified atom stereocenters. The van der Waals surface area contributed by atoms with Crippen LogP contribution < -0.4 is 4.74 Å². The molecule has 0 bridgehead atoms. The Labute approximate surface area is 129 Å². The van der Waals surface area contributed by atoms with Crippen molar-refractivity contribution < 1.29 is 9.29 Å². The molecule has 0 aliphatic heterocycles. The van der Waals surface area contributed by atoms with Gasteiger partial charge < -0.3 is 9.29 Å². The molecule has 3 nitrogen and oxygen atoms in total. The minimum atomic E-state index is -1.25. The second kappa shape index (κ2) is 6.78. The van der Waals surface area contributed by atoms with E-state index < -0.39 is 11.4 Å². The third kappa shape index (κ3) is 4.92. The van der Waals surface area contributed by atoms with Crippen LogP contribution in [-0.4, -0.2) is 15.5 Å². The molecule has 0 fully saturated rings. The van der Waals surface area contributed by atoms with Crippen molar-refractivity contribution in [3.8, 4) is 11.5 Å². The molecule has 4 heteroatoms. The zero-order valence-electron chi connectivity index (χ0n) is 12.4. The molecule has 0 aliphatic rings. The molecule has 1 atom stereocenters. The zero-order valence-corrected chi connectivity index (χ0v) is 13.3. The molecule has 0 saturated heterocycles. The van der Waals surface area contributed by atoms with Gasteiger partial charge in [-0.05, 0) is 45.0 Å². The average molecular weight is 301 g/mol. The molecule has 0 heterocycles. The van der Waals surface area contributed by atoms with Crippen LogP contribution in [0.25, 0.3) is 0 Å². The summed E-state index contributed by atoms with van der Waals surface area (Å²) in [6.07, 6.45) is 1.62. The fraction of sp³-hybridized carbons (Fsp3) is 0.235. The first-order valence-electron chi connectivity index (χ1n) is 6.74. The highest BCUT2D eigenvalue weighted by molar-refractivity contribution is 7.91. The Morgan fingerprint density at radius 2 is 1.67 bits per heavy atom. The second-order valence-electron chi connectivity index (χ2n) is 5.58. The first-order valence-corrected chi connectivity index (χ1v) is 7.85. The van der Waals surface area contributed by atoms with Gasteiger partial charge in [-0.3, -0.25) is 0 Å². The van der Waals surface area contributed by atoms with Crippen molar-refractivity contribution in [2.45, 2.75) is 25.5 Å². The smallest absolute Gasteiger partial charge is 0.144 e. The lowest BCUT2D eigenvalue weighted by atomic mass is 10.2. The van der Waals surface area contributed by atoms with Crippen molar-refractivity contribution in [1.29, 1.82) is 0 Å². The van der Waals surface area contributed by atoms with Crippen LogP contribution in [0.5, 0.6) is 11.5 Å². The van der Waals surface area contributed by atoms with Crippen LogP contribution in [0.15, 0.2) is 59.0 Å². The van der Waals surface area contributed by atoms with Crippen molar-refractivity contribution in [3.63, 3.8) is 0 Å². The molecular weight excluding hydrogens is 282 g/mol. The standard InChI is InChI=1S/C17H19NO2S/c1-17(2,3)21(19)18-13-14-8-7-11-16(12-14)20-15-9-5-4-6-10-15/h4-13H,1-3H3/b18-13+. The molecule has 0 N–H and O–H groups in total. The molecule has 21 heavy (non-hydrogen) atoms. The van der Waals surface area contributed by atoms with Gasteiger partial charge in [-0.2, -0.15) is 0 Å². The molecular formula is C17H19NO2S. The third-order valence-electron chi connectivity index (χ3n) is 2.66. The van der Waals surface area contributed by atoms with Crippen molar-refractivity contribution >= 4 is 17.6 Å². The summed E-state index contributed by atoms with van der Waals surface area (Å²) in [5.41, 5.74) is 0.862. The van der Waals surface area contributed by atoms with Gasteiger partial charge >= 0.3 is 0 Å². The topological polar surface area (TPSA) is 44.7 Å². The molecule has 2 aromatic rings. The van der Waals surface area contributed by atoms with Crippen molar-refractivity contribution in [2.24, 2.45) is 4.40 Å². The van der Waals surface area contributed by atoms with Crippen LogP contribution in [0.4, 0.5) is 0 Å². The summed E-state index contributed by atoms with van der Waals surface area (Å²) in [7, 11) is 0. The second-order valence-corrected chi connectivity index (χ2v) is 7.52. The predicted molar refractivity (Wildman–Crippen MR) is 88.4 cm³/mol. The monoisotopic (exact) mass is 301 g/mol. The summed E-state index contributed by atoms with van der Waals surface area (Å²) in [6.45, 7) is 5.69. The van der Waals surface area contributed by atoms with E-state index in [1.807, 2.05) is 75.4 Å². The van der Waals surface area contributed by atoms with Crippen LogP contribution in [0, 0.1) is 0 Å². The van der Waals surface area contributed by atoms with Gasteiger partial charge in [0.05, 0.1) is 6.21 Å². The quantitative estimate of drug-likeness (QED) is 0.622. The first-order chi connectivity index (χ1) is 9.95. The van der Waals surface area contributed by atoms with E-state index in [-0.39, 0.29) is 4.75 Å². The van der Waals surface area contributed by atoms with Gasteiger partial charge in [0.15, 0.2) is 0 Å². The molecule has 0 saturated carbocycles. The number of hydrogen-bond donors (Lipinski definition) is 0. The molecule has 2 rings (SSSR count). The van der Waals surface area contributed by atoms with Gasteiger partial charge in [0.1, 0.15) is 27.6 Å². The van der Waals surface area contributed by atoms with Gasteiger partial charge in [-0.15, -0.1) is 0 Å². The molecule has 2 aromatic carbocycles.